The number of hydrogen-bond donors (Lipinski definition) is 1. The molecule has 0 spiro atoms. The third-order valence-corrected chi connectivity index (χ3v) is 5.50. The van der Waals surface area contributed by atoms with Crippen LogP contribution >= 0.6 is 35.6 Å². The number of thiocarbonyl (C=S) groups is 1. The molecule has 2 aromatic carbocycles. The van der Waals surface area contributed by atoms with Crippen molar-refractivity contribution >= 4 is 51.9 Å². The van der Waals surface area contributed by atoms with E-state index in [0.717, 1.165) is 22.5 Å². The molecule has 1 aromatic heterocycles. The first-order valence-corrected chi connectivity index (χ1v) is 9.77. The van der Waals surface area contributed by atoms with E-state index < -0.39 is 0 Å². The number of amides is 1. The lowest BCUT2D eigenvalue weighted by Gasteiger charge is -2.02. The first-order chi connectivity index (χ1) is 13.0. The van der Waals surface area contributed by atoms with E-state index in [4.69, 9.17) is 28.9 Å². The normalized spacial score (nSPS) is 15.4. The van der Waals surface area contributed by atoms with Crippen molar-refractivity contribution in [3.63, 3.8) is 0 Å². The van der Waals surface area contributed by atoms with Gasteiger partial charge in [-0.1, -0.05) is 65.4 Å². The van der Waals surface area contributed by atoms with Crippen molar-refractivity contribution in [2.24, 2.45) is 0 Å². The van der Waals surface area contributed by atoms with E-state index in [1.807, 2.05) is 67.7 Å². The zero-order chi connectivity index (χ0) is 19.0. The number of carbonyl (C=O) groups excluding carboxylic acids is 1. The summed E-state index contributed by atoms with van der Waals surface area (Å²) in [4.78, 5) is 12.6. The number of benzene rings is 2. The lowest BCUT2D eigenvalue weighted by atomic mass is 10.1. The van der Waals surface area contributed by atoms with Crippen LogP contribution in [0.15, 0.2) is 59.6 Å². The van der Waals surface area contributed by atoms with Gasteiger partial charge in [0.05, 0.1) is 16.3 Å². The minimum atomic E-state index is -0.181. The van der Waals surface area contributed by atoms with Crippen molar-refractivity contribution in [3.8, 4) is 16.9 Å². The van der Waals surface area contributed by atoms with Crippen LogP contribution in [0.4, 0.5) is 0 Å². The van der Waals surface area contributed by atoms with Crippen LogP contribution in [0.5, 0.6) is 0 Å². The number of carbonyl (C=O) groups is 1. The number of thioether (sulfide) groups is 1. The lowest BCUT2D eigenvalue weighted by Crippen LogP contribution is -2.17. The standard InChI is InChI=1S/C20H14ClN3OS2/c1-12-2-4-13(5-3-12)18-14(10-17-19(25)22-20(26)27-17)11-24(23-18)16-8-6-15(21)7-9-16/h2-11H,1H3,(H,22,25,26)/b17-10-. The number of aromatic nitrogens is 2. The maximum atomic E-state index is 12.1. The molecule has 0 unspecified atom stereocenters. The maximum Gasteiger partial charge on any atom is 0.263 e. The van der Waals surface area contributed by atoms with Gasteiger partial charge in [-0.05, 0) is 37.3 Å². The van der Waals surface area contributed by atoms with E-state index in [2.05, 4.69) is 5.32 Å². The largest absolute Gasteiger partial charge is 0.307 e. The summed E-state index contributed by atoms with van der Waals surface area (Å²) in [6.45, 7) is 2.04. The van der Waals surface area contributed by atoms with Gasteiger partial charge in [0.15, 0.2) is 0 Å². The van der Waals surface area contributed by atoms with E-state index in [-0.39, 0.29) is 5.91 Å². The molecule has 1 N–H and O–H groups in total. The molecule has 7 heteroatoms. The van der Waals surface area contributed by atoms with Gasteiger partial charge in [0.1, 0.15) is 4.32 Å². The number of rotatable bonds is 3. The Labute approximate surface area is 171 Å². The molecule has 4 nitrogen and oxygen atoms in total. The van der Waals surface area contributed by atoms with Crippen molar-refractivity contribution in [1.29, 1.82) is 0 Å². The smallest absolute Gasteiger partial charge is 0.263 e. The van der Waals surface area contributed by atoms with Crippen LogP contribution in [0, 0.1) is 6.92 Å². The predicted octanol–water partition coefficient (Wildman–Crippen LogP) is 4.99. The molecule has 1 fully saturated rings. The quantitative estimate of drug-likeness (QED) is 0.487. The lowest BCUT2D eigenvalue weighted by molar-refractivity contribution is -0.115. The third kappa shape index (κ3) is 3.83. The van der Waals surface area contributed by atoms with E-state index in [0.29, 0.717) is 14.2 Å². The number of hydrogen-bond acceptors (Lipinski definition) is 4. The van der Waals surface area contributed by atoms with Gasteiger partial charge in [0, 0.05) is 22.3 Å². The highest BCUT2D eigenvalue weighted by atomic mass is 35.5. The Morgan fingerprint density at radius 3 is 2.48 bits per heavy atom. The highest BCUT2D eigenvalue weighted by Gasteiger charge is 2.23. The third-order valence-electron chi connectivity index (χ3n) is 4.09. The van der Waals surface area contributed by atoms with Crippen LogP contribution in [0.3, 0.4) is 0 Å². The molecule has 0 saturated carbocycles. The molecular weight excluding hydrogens is 398 g/mol. The molecule has 134 valence electrons. The van der Waals surface area contributed by atoms with Gasteiger partial charge in [-0.2, -0.15) is 5.10 Å². The predicted molar refractivity (Wildman–Crippen MR) is 115 cm³/mol. The van der Waals surface area contributed by atoms with Gasteiger partial charge in [-0.15, -0.1) is 0 Å². The molecule has 0 atom stereocenters. The summed E-state index contributed by atoms with van der Waals surface area (Å²) in [6.07, 6.45) is 3.73. The molecule has 1 aliphatic heterocycles. The van der Waals surface area contributed by atoms with E-state index in [1.165, 1.54) is 17.3 Å². The molecule has 1 amide bonds. The Morgan fingerprint density at radius 2 is 1.85 bits per heavy atom. The Bertz CT molecular complexity index is 1070. The highest BCUT2D eigenvalue weighted by molar-refractivity contribution is 8.26. The van der Waals surface area contributed by atoms with Gasteiger partial charge < -0.3 is 5.32 Å². The molecule has 1 saturated heterocycles. The number of nitrogens with zero attached hydrogens (tertiary/aromatic N) is 2. The second-order valence-corrected chi connectivity index (χ2v) is 8.23. The molecule has 0 bridgehead atoms. The molecular formula is C20H14ClN3OS2. The first kappa shape index (κ1) is 18.0. The van der Waals surface area contributed by atoms with Gasteiger partial charge in [-0.3, -0.25) is 4.79 Å². The molecule has 2 heterocycles. The summed E-state index contributed by atoms with van der Waals surface area (Å²) in [5, 5.41) is 8.06. The molecule has 0 radical (unpaired) electrons. The van der Waals surface area contributed by atoms with Crippen LogP contribution < -0.4 is 5.32 Å². The Balaban J connectivity index is 1.83. The Hall–Kier alpha value is -2.41. The Kier molecular flexibility index (Phi) is 4.86. The highest BCUT2D eigenvalue weighted by Crippen LogP contribution is 2.31. The number of halogens is 1. The average Bonchev–Trinajstić information content (AvgIpc) is 3.20. The topological polar surface area (TPSA) is 46.9 Å². The number of aryl methyl sites for hydroxylation is 1. The van der Waals surface area contributed by atoms with Crippen LogP contribution in [-0.2, 0) is 4.79 Å². The van der Waals surface area contributed by atoms with Gasteiger partial charge >= 0.3 is 0 Å². The first-order valence-electron chi connectivity index (χ1n) is 8.17. The SMILES string of the molecule is Cc1ccc(-c2nn(-c3ccc(Cl)cc3)cc2/C=C2\SC(=S)NC2=O)cc1. The summed E-state index contributed by atoms with van der Waals surface area (Å²) in [7, 11) is 0. The molecule has 3 aromatic rings. The summed E-state index contributed by atoms with van der Waals surface area (Å²) in [5.41, 5.74) is 4.68. The number of nitrogens with one attached hydrogen (secondary N) is 1. The second-order valence-electron chi connectivity index (χ2n) is 6.07. The van der Waals surface area contributed by atoms with Gasteiger partial charge in [-0.25, -0.2) is 4.68 Å². The van der Waals surface area contributed by atoms with Gasteiger partial charge in [0.2, 0.25) is 0 Å². The fourth-order valence-corrected chi connectivity index (χ4v) is 3.88. The molecule has 0 aliphatic carbocycles. The van der Waals surface area contributed by atoms with Crippen LogP contribution in [-0.4, -0.2) is 20.0 Å². The maximum absolute atomic E-state index is 12.1. The van der Waals surface area contributed by atoms with Crippen LogP contribution in [0.1, 0.15) is 11.1 Å². The van der Waals surface area contributed by atoms with Gasteiger partial charge in [0.25, 0.3) is 5.91 Å². The van der Waals surface area contributed by atoms with Crippen molar-refractivity contribution in [3.05, 3.63) is 75.8 Å². The minimum absolute atomic E-state index is 0.181. The summed E-state index contributed by atoms with van der Waals surface area (Å²) in [6, 6.07) is 15.6. The van der Waals surface area contributed by atoms with Crippen LogP contribution in [0.25, 0.3) is 23.0 Å². The molecule has 1 aliphatic rings. The van der Waals surface area contributed by atoms with E-state index in [9.17, 15) is 4.79 Å². The van der Waals surface area contributed by atoms with Crippen molar-refractivity contribution in [2.45, 2.75) is 6.92 Å². The van der Waals surface area contributed by atoms with E-state index in [1.54, 1.807) is 4.68 Å². The molecule has 4 rings (SSSR count). The second kappa shape index (κ2) is 7.31. The monoisotopic (exact) mass is 411 g/mol. The summed E-state index contributed by atoms with van der Waals surface area (Å²) < 4.78 is 2.25. The minimum Gasteiger partial charge on any atom is -0.307 e. The fraction of sp³-hybridized carbons (Fsp3) is 0.0500. The average molecular weight is 412 g/mol. The zero-order valence-corrected chi connectivity index (χ0v) is 16.7. The fourth-order valence-electron chi connectivity index (χ4n) is 2.72. The van der Waals surface area contributed by atoms with Crippen molar-refractivity contribution in [1.82, 2.24) is 15.1 Å². The van der Waals surface area contributed by atoms with Crippen molar-refractivity contribution < 1.29 is 4.79 Å². The van der Waals surface area contributed by atoms with Crippen LogP contribution in [0.2, 0.25) is 5.02 Å². The Morgan fingerprint density at radius 1 is 1.15 bits per heavy atom. The summed E-state index contributed by atoms with van der Waals surface area (Å²) in [5.74, 6) is -0.181. The summed E-state index contributed by atoms with van der Waals surface area (Å²) >= 11 is 12.3. The molecule has 27 heavy (non-hydrogen) atoms. The van der Waals surface area contributed by atoms with Crippen molar-refractivity contribution in [2.75, 3.05) is 0 Å². The van der Waals surface area contributed by atoms with E-state index >= 15 is 0 Å². The zero-order valence-electron chi connectivity index (χ0n) is 14.3.